The molecule has 0 amide bonds. The van der Waals surface area contributed by atoms with Crippen molar-refractivity contribution in [3.05, 3.63) is 57.6 Å². The molecule has 2 fully saturated rings. The van der Waals surface area contributed by atoms with Gasteiger partial charge in [0, 0.05) is 29.8 Å². The number of likely N-dealkylation sites (tertiary alicyclic amines) is 1. The Morgan fingerprint density at radius 2 is 1.88 bits per heavy atom. The Bertz CT molecular complexity index is 1090. The lowest BCUT2D eigenvalue weighted by Gasteiger charge is -2.31. The highest BCUT2D eigenvalue weighted by molar-refractivity contribution is 5.84. The van der Waals surface area contributed by atoms with Gasteiger partial charge >= 0.3 is 0 Å². The third-order valence-electron chi connectivity index (χ3n) is 6.84. The molecule has 0 bridgehead atoms. The van der Waals surface area contributed by atoms with Gasteiger partial charge in [-0.25, -0.2) is 0 Å². The zero-order chi connectivity index (χ0) is 23.9. The SMILES string of the molecule is CNC.Cc1c(OCC2CC2)ccc2c(CCC3CCN(Cc4ccc(=O)[nH]c4)CC3)noc12. The molecule has 1 saturated carbocycles. The van der Waals surface area contributed by atoms with Gasteiger partial charge < -0.3 is 19.6 Å². The Kier molecular flexibility index (Phi) is 8.40. The van der Waals surface area contributed by atoms with Crippen LogP contribution in [0.3, 0.4) is 0 Å². The number of aromatic nitrogens is 2. The standard InChI is InChI=1S/C25H31N3O3.C2H7N/c1-17-23(30-16-19-2-3-19)8-6-21-22(27-31-25(17)21)7-4-18-10-12-28(13-11-18)15-20-5-9-24(29)26-14-20;1-3-2/h5-6,8-9,14,18-19H,2-4,7,10-13,15-16H2,1H3,(H,26,29);3H,1-2H3. The second kappa shape index (κ2) is 11.7. The normalized spacial score (nSPS) is 16.9. The van der Waals surface area contributed by atoms with E-state index in [-0.39, 0.29) is 5.56 Å². The molecule has 5 rings (SSSR count). The molecule has 34 heavy (non-hydrogen) atoms. The number of nitrogens with one attached hydrogen (secondary N) is 2. The summed E-state index contributed by atoms with van der Waals surface area (Å²) in [5.41, 5.74) is 4.14. The van der Waals surface area contributed by atoms with Crippen LogP contribution in [0.25, 0.3) is 11.0 Å². The Balaban J connectivity index is 0.000000868. The second-order valence-corrected chi connectivity index (χ2v) is 9.77. The predicted molar refractivity (Wildman–Crippen MR) is 135 cm³/mol. The summed E-state index contributed by atoms with van der Waals surface area (Å²) in [7, 11) is 3.75. The average Bonchev–Trinajstić information content (AvgIpc) is 3.58. The Morgan fingerprint density at radius 1 is 1.12 bits per heavy atom. The Labute approximate surface area is 201 Å². The lowest BCUT2D eigenvalue weighted by atomic mass is 9.91. The highest BCUT2D eigenvalue weighted by atomic mass is 16.5. The molecule has 7 nitrogen and oxygen atoms in total. The molecule has 0 spiro atoms. The summed E-state index contributed by atoms with van der Waals surface area (Å²) in [5, 5.41) is 8.28. The molecule has 184 valence electrons. The molecule has 3 heterocycles. The molecule has 1 aromatic carbocycles. The first-order chi connectivity index (χ1) is 16.6. The van der Waals surface area contributed by atoms with Crippen molar-refractivity contribution in [2.75, 3.05) is 33.8 Å². The van der Waals surface area contributed by atoms with Crippen molar-refractivity contribution < 1.29 is 9.26 Å². The number of nitrogens with zero attached hydrogens (tertiary/aromatic N) is 2. The van der Waals surface area contributed by atoms with E-state index in [2.05, 4.69) is 39.4 Å². The summed E-state index contributed by atoms with van der Waals surface area (Å²) in [6.07, 6.45) is 8.93. The quantitative estimate of drug-likeness (QED) is 0.515. The van der Waals surface area contributed by atoms with Crippen LogP contribution in [0.15, 0.2) is 39.8 Å². The van der Waals surface area contributed by atoms with Gasteiger partial charge in [0.2, 0.25) is 5.56 Å². The summed E-state index contributed by atoms with van der Waals surface area (Å²) in [6.45, 7) is 5.99. The van der Waals surface area contributed by atoms with E-state index in [4.69, 9.17) is 9.26 Å². The van der Waals surface area contributed by atoms with Crippen LogP contribution in [-0.4, -0.2) is 48.8 Å². The van der Waals surface area contributed by atoms with E-state index in [1.54, 1.807) is 6.07 Å². The topological polar surface area (TPSA) is 83.4 Å². The van der Waals surface area contributed by atoms with Crippen LogP contribution in [0.1, 0.15) is 48.9 Å². The maximum absolute atomic E-state index is 11.2. The summed E-state index contributed by atoms with van der Waals surface area (Å²) >= 11 is 0. The van der Waals surface area contributed by atoms with Crippen LogP contribution >= 0.6 is 0 Å². The number of benzene rings is 1. The number of hydrogen-bond donors (Lipinski definition) is 2. The van der Waals surface area contributed by atoms with Gasteiger partial charge in [-0.1, -0.05) is 11.2 Å². The first-order valence-electron chi connectivity index (χ1n) is 12.6. The van der Waals surface area contributed by atoms with Gasteiger partial charge in [0.25, 0.3) is 0 Å². The number of aromatic amines is 1. The first kappa shape index (κ1) is 24.5. The lowest BCUT2D eigenvalue weighted by molar-refractivity contribution is 0.172. The van der Waals surface area contributed by atoms with Crippen molar-refractivity contribution in [1.82, 2.24) is 20.4 Å². The maximum Gasteiger partial charge on any atom is 0.247 e. The number of aryl methyl sites for hydroxylation is 2. The molecule has 7 heteroatoms. The van der Waals surface area contributed by atoms with E-state index < -0.39 is 0 Å². The van der Waals surface area contributed by atoms with Crippen LogP contribution in [0.4, 0.5) is 0 Å². The monoisotopic (exact) mass is 466 g/mol. The smallest absolute Gasteiger partial charge is 0.247 e. The van der Waals surface area contributed by atoms with Crippen LogP contribution in [0.2, 0.25) is 0 Å². The van der Waals surface area contributed by atoms with Crippen molar-refractivity contribution in [2.45, 2.75) is 52.0 Å². The summed E-state index contributed by atoms with van der Waals surface area (Å²) in [4.78, 5) is 16.5. The van der Waals surface area contributed by atoms with Crippen LogP contribution in [0.5, 0.6) is 5.75 Å². The summed E-state index contributed by atoms with van der Waals surface area (Å²) in [6, 6.07) is 7.72. The third-order valence-corrected chi connectivity index (χ3v) is 6.84. The van der Waals surface area contributed by atoms with Crippen LogP contribution in [0, 0.1) is 18.8 Å². The summed E-state index contributed by atoms with van der Waals surface area (Å²) in [5.74, 6) is 2.39. The number of piperidine rings is 1. The van der Waals surface area contributed by atoms with Crippen molar-refractivity contribution in [3.8, 4) is 5.75 Å². The molecule has 0 radical (unpaired) electrons. The average molecular weight is 467 g/mol. The van der Waals surface area contributed by atoms with Crippen LogP contribution in [-0.2, 0) is 13.0 Å². The molecule has 1 aliphatic heterocycles. The molecule has 2 aromatic heterocycles. The fraction of sp³-hybridized carbons (Fsp3) is 0.556. The van der Waals surface area contributed by atoms with Crippen LogP contribution < -0.4 is 15.6 Å². The van der Waals surface area contributed by atoms with Crippen molar-refractivity contribution in [2.24, 2.45) is 11.8 Å². The molecule has 2 aliphatic rings. The molecule has 1 saturated heterocycles. The van der Waals surface area contributed by atoms with Gasteiger partial charge in [-0.05, 0) is 102 Å². The summed E-state index contributed by atoms with van der Waals surface area (Å²) < 4.78 is 11.7. The van der Waals surface area contributed by atoms with Crippen molar-refractivity contribution >= 4 is 11.0 Å². The van der Waals surface area contributed by atoms with Gasteiger partial charge in [0.05, 0.1) is 12.3 Å². The van der Waals surface area contributed by atoms with Gasteiger partial charge in [0.1, 0.15) is 5.75 Å². The van der Waals surface area contributed by atoms with E-state index >= 15 is 0 Å². The molecule has 0 atom stereocenters. The number of pyridine rings is 1. The Morgan fingerprint density at radius 3 is 2.56 bits per heavy atom. The highest BCUT2D eigenvalue weighted by Crippen LogP contribution is 2.34. The lowest BCUT2D eigenvalue weighted by Crippen LogP contribution is -2.33. The number of ether oxygens (including phenoxy) is 1. The third kappa shape index (κ3) is 6.48. The van der Waals surface area contributed by atoms with Gasteiger partial charge in [0.15, 0.2) is 5.58 Å². The molecular formula is C27H38N4O3. The predicted octanol–water partition coefficient (Wildman–Crippen LogP) is 4.29. The minimum atomic E-state index is -0.0416. The fourth-order valence-electron chi connectivity index (χ4n) is 4.57. The number of fused-ring (bicyclic) bond motifs is 1. The molecule has 1 aliphatic carbocycles. The van der Waals surface area contributed by atoms with Crippen molar-refractivity contribution in [1.29, 1.82) is 0 Å². The number of rotatable bonds is 8. The zero-order valence-electron chi connectivity index (χ0n) is 20.7. The molecule has 3 aromatic rings. The highest BCUT2D eigenvalue weighted by Gasteiger charge is 2.23. The molecular weight excluding hydrogens is 428 g/mol. The largest absolute Gasteiger partial charge is 0.493 e. The van der Waals surface area contributed by atoms with E-state index in [0.717, 1.165) is 78.9 Å². The van der Waals surface area contributed by atoms with Gasteiger partial charge in [-0.2, -0.15) is 0 Å². The van der Waals surface area contributed by atoms with E-state index in [1.165, 1.54) is 31.2 Å². The molecule has 0 unspecified atom stereocenters. The van der Waals surface area contributed by atoms with E-state index in [9.17, 15) is 4.79 Å². The second-order valence-electron chi connectivity index (χ2n) is 9.77. The van der Waals surface area contributed by atoms with Crippen molar-refractivity contribution in [3.63, 3.8) is 0 Å². The fourth-order valence-corrected chi connectivity index (χ4v) is 4.57. The number of hydrogen-bond acceptors (Lipinski definition) is 6. The molecule has 2 N–H and O–H groups in total. The minimum Gasteiger partial charge on any atom is -0.493 e. The van der Waals surface area contributed by atoms with E-state index in [0.29, 0.717) is 0 Å². The van der Waals surface area contributed by atoms with E-state index in [1.807, 2.05) is 26.4 Å². The number of H-pyrrole nitrogens is 1. The van der Waals surface area contributed by atoms with Gasteiger partial charge in [-0.15, -0.1) is 0 Å². The minimum absolute atomic E-state index is 0.0416. The maximum atomic E-state index is 11.2. The zero-order valence-corrected chi connectivity index (χ0v) is 20.7. The first-order valence-corrected chi connectivity index (χ1v) is 12.6. The Hall–Kier alpha value is -2.64. The van der Waals surface area contributed by atoms with Gasteiger partial charge in [-0.3, -0.25) is 9.69 Å².